The Labute approximate surface area is 181 Å². The fraction of sp³-hybridized carbons (Fsp3) is 0.864. The number of hydrogen-bond acceptors (Lipinski definition) is 5. The van der Waals surface area contributed by atoms with Gasteiger partial charge in [0.05, 0.1) is 0 Å². The van der Waals surface area contributed by atoms with Crippen molar-refractivity contribution in [2.45, 2.75) is 90.4 Å². The first kappa shape index (κ1) is 24.4. The summed E-state index contributed by atoms with van der Waals surface area (Å²) < 4.78 is 5.37. The van der Waals surface area contributed by atoms with Gasteiger partial charge in [0.1, 0.15) is 17.7 Å². The van der Waals surface area contributed by atoms with Crippen molar-refractivity contribution in [2.75, 3.05) is 26.7 Å². The van der Waals surface area contributed by atoms with Gasteiger partial charge in [-0.25, -0.2) is 4.79 Å². The fourth-order valence-electron chi connectivity index (χ4n) is 4.14. The van der Waals surface area contributed by atoms with Crippen LogP contribution in [-0.4, -0.2) is 78.1 Å². The lowest BCUT2D eigenvalue weighted by Gasteiger charge is -2.39. The molecule has 1 saturated carbocycles. The van der Waals surface area contributed by atoms with Gasteiger partial charge in [0.25, 0.3) is 0 Å². The highest BCUT2D eigenvalue weighted by atomic mass is 16.6. The Kier molecular flexibility index (Phi) is 8.52. The summed E-state index contributed by atoms with van der Waals surface area (Å²) in [4.78, 5) is 42.0. The van der Waals surface area contributed by atoms with E-state index in [0.717, 1.165) is 38.8 Å². The van der Waals surface area contributed by atoms with Gasteiger partial charge < -0.3 is 20.3 Å². The standard InChI is InChI=1S/C22H40N4O4/c1-15-14-23-12-13-26(15)20(28)18(17-10-8-7-9-11-17)24-19(27)16(2)25(6)21(29)30-22(3,4)5/h15-18,23H,7-14H2,1-6H3,(H,24,27)/t15-,16+,18+/m1/s1. The van der Waals surface area contributed by atoms with Gasteiger partial charge in [0, 0.05) is 32.7 Å². The molecular weight excluding hydrogens is 384 g/mol. The number of likely N-dealkylation sites (N-methyl/N-ethyl adjacent to an activating group) is 1. The van der Waals surface area contributed by atoms with Crippen molar-refractivity contribution in [2.24, 2.45) is 5.92 Å². The molecule has 2 fully saturated rings. The summed E-state index contributed by atoms with van der Waals surface area (Å²) in [6.45, 7) is 11.2. The number of piperazine rings is 1. The second-order valence-electron chi connectivity index (χ2n) is 9.74. The van der Waals surface area contributed by atoms with Gasteiger partial charge in [-0.3, -0.25) is 14.5 Å². The van der Waals surface area contributed by atoms with Gasteiger partial charge in [-0.2, -0.15) is 0 Å². The first-order valence-electron chi connectivity index (χ1n) is 11.3. The summed E-state index contributed by atoms with van der Waals surface area (Å²) in [6.07, 6.45) is 4.65. The van der Waals surface area contributed by atoms with Crippen LogP contribution < -0.4 is 10.6 Å². The van der Waals surface area contributed by atoms with E-state index >= 15 is 0 Å². The molecule has 2 N–H and O–H groups in total. The minimum atomic E-state index is -0.737. The van der Waals surface area contributed by atoms with Crippen LogP contribution in [0, 0.1) is 5.92 Å². The van der Waals surface area contributed by atoms with Gasteiger partial charge in [0.15, 0.2) is 0 Å². The van der Waals surface area contributed by atoms with Crippen molar-refractivity contribution < 1.29 is 19.1 Å². The Bertz CT molecular complexity index is 613. The van der Waals surface area contributed by atoms with Crippen LogP contribution in [0.4, 0.5) is 4.79 Å². The van der Waals surface area contributed by atoms with E-state index in [9.17, 15) is 14.4 Å². The van der Waals surface area contributed by atoms with Crippen molar-refractivity contribution in [3.8, 4) is 0 Å². The minimum absolute atomic E-state index is 0.00336. The highest BCUT2D eigenvalue weighted by molar-refractivity contribution is 5.91. The largest absolute Gasteiger partial charge is 0.444 e. The molecule has 172 valence electrons. The summed E-state index contributed by atoms with van der Waals surface area (Å²) in [6, 6.07) is -1.19. The molecule has 3 amide bonds. The normalized spacial score (nSPS) is 22.7. The molecule has 0 aromatic rings. The first-order valence-corrected chi connectivity index (χ1v) is 11.3. The molecule has 8 nitrogen and oxygen atoms in total. The number of carbonyl (C=O) groups excluding carboxylic acids is 3. The van der Waals surface area contributed by atoms with E-state index < -0.39 is 23.8 Å². The average molecular weight is 425 g/mol. The Hall–Kier alpha value is -1.83. The van der Waals surface area contributed by atoms with E-state index in [1.165, 1.54) is 11.3 Å². The molecule has 0 aromatic heterocycles. The van der Waals surface area contributed by atoms with Gasteiger partial charge in [0.2, 0.25) is 11.8 Å². The third kappa shape index (κ3) is 6.59. The highest BCUT2D eigenvalue weighted by Gasteiger charge is 2.37. The van der Waals surface area contributed by atoms with Crippen LogP contribution in [0.15, 0.2) is 0 Å². The van der Waals surface area contributed by atoms with Crippen molar-refractivity contribution in [3.63, 3.8) is 0 Å². The maximum atomic E-state index is 13.4. The van der Waals surface area contributed by atoms with Crippen LogP contribution in [0.2, 0.25) is 0 Å². The number of amides is 3. The zero-order chi connectivity index (χ0) is 22.5. The number of hydrogen-bond donors (Lipinski definition) is 2. The highest BCUT2D eigenvalue weighted by Crippen LogP contribution is 2.28. The fourth-order valence-corrected chi connectivity index (χ4v) is 4.14. The zero-order valence-electron chi connectivity index (χ0n) is 19.5. The molecule has 2 aliphatic rings. The molecule has 0 aromatic carbocycles. The van der Waals surface area contributed by atoms with E-state index in [1.54, 1.807) is 34.7 Å². The second kappa shape index (κ2) is 10.5. The third-order valence-electron chi connectivity index (χ3n) is 6.11. The lowest BCUT2D eigenvalue weighted by atomic mass is 9.83. The Morgan fingerprint density at radius 1 is 1.17 bits per heavy atom. The van der Waals surface area contributed by atoms with E-state index in [0.29, 0.717) is 6.54 Å². The maximum absolute atomic E-state index is 13.4. The number of nitrogens with zero attached hydrogens (tertiary/aromatic N) is 2. The molecule has 1 saturated heterocycles. The molecule has 0 bridgehead atoms. The molecular formula is C22H40N4O4. The summed E-state index contributed by atoms with van der Waals surface area (Å²) in [5.41, 5.74) is -0.638. The zero-order valence-corrected chi connectivity index (χ0v) is 19.5. The maximum Gasteiger partial charge on any atom is 0.410 e. The number of ether oxygens (including phenoxy) is 1. The monoisotopic (exact) mass is 424 g/mol. The topological polar surface area (TPSA) is 91.0 Å². The molecule has 1 aliphatic heterocycles. The molecule has 1 aliphatic carbocycles. The minimum Gasteiger partial charge on any atom is -0.444 e. The van der Waals surface area contributed by atoms with Crippen molar-refractivity contribution >= 4 is 17.9 Å². The van der Waals surface area contributed by atoms with Crippen molar-refractivity contribution in [3.05, 3.63) is 0 Å². The number of nitrogens with one attached hydrogen (secondary N) is 2. The Morgan fingerprint density at radius 3 is 2.37 bits per heavy atom. The predicted molar refractivity (Wildman–Crippen MR) is 116 cm³/mol. The van der Waals surface area contributed by atoms with E-state index in [4.69, 9.17) is 4.74 Å². The summed E-state index contributed by atoms with van der Waals surface area (Å²) in [5, 5.41) is 6.31. The third-order valence-corrected chi connectivity index (χ3v) is 6.11. The van der Waals surface area contributed by atoms with E-state index in [2.05, 4.69) is 10.6 Å². The average Bonchev–Trinajstić information content (AvgIpc) is 2.70. The summed E-state index contributed by atoms with van der Waals surface area (Å²) in [5.74, 6) is -0.192. The smallest absolute Gasteiger partial charge is 0.410 e. The van der Waals surface area contributed by atoms with E-state index in [1.807, 2.05) is 11.8 Å². The lowest BCUT2D eigenvalue weighted by Crippen LogP contribution is -2.61. The molecule has 1 heterocycles. The quantitative estimate of drug-likeness (QED) is 0.706. The van der Waals surface area contributed by atoms with Gasteiger partial charge in [-0.1, -0.05) is 19.3 Å². The first-order chi connectivity index (χ1) is 14.0. The molecule has 8 heteroatoms. The Morgan fingerprint density at radius 2 is 1.80 bits per heavy atom. The number of carbonyl (C=O) groups is 3. The second-order valence-corrected chi connectivity index (χ2v) is 9.74. The van der Waals surface area contributed by atoms with Gasteiger partial charge in [-0.15, -0.1) is 0 Å². The number of rotatable bonds is 5. The van der Waals surface area contributed by atoms with Crippen LogP contribution in [0.25, 0.3) is 0 Å². The van der Waals surface area contributed by atoms with Gasteiger partial charge >= 0.3 is 6.09 Å². The van der Waals surface area contributed by atoms with Crippen LogP contribution in [0.5, 0.6) is 0 Å². The summed E-state index contributed by atoms with van der Waals surface area (Å²) in [7, 11) is 1.55. The molecule has 2 rings (SSSR count). The molecule has 30 heavy (non-hydrogen) atoms. The van der Waals surface area contributed by atoms with E-state index in [-0.39, 0.29) is 23.8 Å². The molecule has 0 unspecified atom stereocenters. The van der Waals surface area contributed by atoms with Crippen LogP contribution in [0.1, 0.15) is 66.7 Å². The SMILES string of the molecule is C[C@@H]1CNCCN1C(=O)[C@@H](NC(=O)[C@H](C)N(C)C(=O)OC(C)(C)C)C1CCCCC1. The van der Waals surface area contributed by atoms with Crippen LogP contribution >= 0.6 is 0 Å². The molecule has 3 atom stereocenters. The van der Waals surface area contributed by atoms with Crippen LogP contribution in [0.3, 0.4) is 0 Å². The molecule has 0 spiro atoms. The Balaban J connectivity index is 2.11. The van der Waals surface area contributed by atoms with Crippen molar-refractivity contribution in [1.29, 1.82) is 0 Å². The van der Waals surface area contributed by atoms with Crippen molar-refractivity contribution in [1.82, 2.24) is 20.4 Å². The molecule has 0 radical (unpaired) electrons. The summed E-state index contributed by atoms with van der Waals surface area (Å²) >= 11 is 0. The van der Waals surface area contributed by atoms with Crippen LogP contribution in [-0.2, 0) is 14.3 Å². The van der Waals surface area contributed by atoms with Gasteiger partial charge in [-0.05, 0) is 53.4 Å². The lowest BCUT2D eigenvalue weighted by molar-refractivity contribution is -0.141. The predicted octanol–water partition coefficient (Wildman–Crippen LogP) is 2.13.